The molecule has 0 aliphatic carbocycles. The van der Waals surface area contributed by atoms with E-state index in [0.717, 1.165) is 25.7 Å². The van der Waals surface area contributed by atoms with E-state index in [1.54, 1.807) is 11.8 Å². The highest BCUT2D eigenvalue weighted by Crippen LogP contribution is 2.13. The van der Waals surface area contributed by atoms with Gasteiger partial charge in [0, 0.05) is 25.0 Å². The summed E-state index contributed by atoms with van der Waals surface area (Å²) in [7, 11) is 0. The van der Waals surface area contributed by atoms with Gasteiger partial charge in [0.2, 0.25) is 5.91 Å². The second-order valence-corrected chi connectivity index (χ2v) is 5.16. The number of piperidine rings is 1. The zero-order valence-electron chi connectivity index (χ0n) is 12.3. The van der Waals surface area contributed by atoms with Crippen LogP contribution in [0.15, 0.2) is 0 Å². The molecule has 1 unspecified atom stereocenters. The van der Waals surface area contributed by atoms with Gasteiger partial charge in [-0.2, -0.15) is 0 Å². The lowest BCUT2D eigenvalue weighted by Crippen LogP contribution is -2.47. The Morgan fingerprint density at radius 1 is 1.32 bits per heavy atom. The zero-order valence-corrected chi connectivity index (χ0v) is 12.3. The summed E-state index contributed by atoms with van der Waals surface area (Å²) in [4.78, 5) is 25.1. The van der Waals surface area contributed by atoms with Gasteiger partial charge in [-0.05, 0) is 26.2 Å². The van der Waals surface area contributed by atoms with Gasteiger partial charge < -0.3 is 15.0 Å². The lowest BCUT2D eigenvalue weighted by atomic mass is 10.0. The normalized spacial score (nSPS) is 17.9. The number of rotatable bonds is 5. The number of hydrogen-bond acceptors (Lipinski definition) is 3. The minimum Gasteiger partial charge on any atom is -0.450 e. The molecular weight excluding hydrogens is 244 g/mol. The molecule has 1 fully saturated rings. The number of ether oxygens (including phenoxy) is 1. The van der Waals surface area contributed by atoms with E-state index in [9.17, 15) is 9.59 Å². The van der Waals surface area contributed by atoms with Crippen LogP contribution in [0.25, 0.3) is 0 Å². The largest absolute Gasteiger partial charge is 0.450 e. The number of hydrogen-bond donors (Lipinski definition) is 1. The van der Waals surface area contributed by atoms with E-state index in [4.69, 9.17) is 4.74 Å². The summed E-state index contributed by atoms with van der Waals surface area (Å²) in [6.45, 7) is 7.58. The van der Waals surface area contributed by atoms with Crippen molar-refractivity contribution in [1.82, 2.24) is 10.2 Å². The fourth-order valence-corrected chi connectivity index (χ4v) is 2.33. The highest BCUT2D eigenvalue weighted by atomic mass is 16.6. The molecule has 1 heterocycles. The Morgan fingerprint density at radius 3 is 2.47 bits per heavy atom. The van der Waals surface area contributed by atoms with Gasteiger partial charge in [-0.3, -0.25) is 4.79 Å². The predicted molar refractivity (Wildman–Crippen MR) is 73.8 cm³/mol. The van der Waals surface area contributed by atoms with Crippen LogP contribution in [0.4, 0.5) is 4.79 Å². The van der Waals surface area contributed by atoms with Gasteiger partial charge in [0.1, 0.15) is 0 Å². The van der Waals surface area contributed by atoms with Crippen molar-refractivity contribution in [2.45, 2.75) is 52.5 Å². The average Bonchev–Trinajstić information content (AvgIpc) is 2.40. The molecule has 1 N–H and O–H groups in total. The quantitative estimate of drug-likeness (QED) is 0.833. The van der Waals surface area contributed by atoms with Crippen molar-refractivity contribution >= 4 is 12.0 Å². The molecule has 0 aromatic carbocycles. The third-order valence-electron chi connectivity index (χ3n) is 3.54. The molecular formula is C14H26N2O3. The third kappa shape index (κ3) is 5.09. The highest BCUT2D eigenvalue weighted by Gasteiger charge is 2.25. The number of amides is 2. The molecule has 0 radical (unpaired) electrons. The summed E-state index contributed by atoms with van der Waals surface area (Å²) in [5.74, 6) is 0.213. The summed E-state index contributed by atoms with van der Waals surface area (Å²) in [5.41, 5.74) is 0. The van der Waals surface area contributed by atoms with E-state index in [1.165, 1.54) is 0 Å². The molecule has 0 aromatic heterocycles. The van der Waals surface area contributed by atoms with Crippen molar-refractivity contribution in [2.75, 3.05) is 19.7 Å². The van der Waals surface area contributed by atoms with Crippen molar-refractivity contribution in [3.63, 3.8) is 0 Å². The zero-order chi connectivity index (χ0) is 14.3. The summed E-state index contributed by atoms with van der Waals surface area (Å²) in [6.07, 6.45) is 3.32. The Morgan fingerprint density at radius 2 is 1.95 bits per heavy atom. The number of carbonyl (C=O) groups excluding carboxylic acids is 2. The molecule has 1 aliphatic heterocycles. The maximum Gasteiger partial charge on any atom is 0.409 e. The fourth-order valence-electron chi connectivity index (χ4n) is 2.33. The molecule has 2 amide bonds. The number of nitrogens with one attached hydrogen (secondary N) is 1. The first-order valence-electron chi connectivity index (χ1n) is 7.30. The van der Waals surface area contributed by atoms with Crippen LogP contribution in [-0.2, 0) is 9.53 Å². The highest BCUT2D eigenvalue weighted by molar-refractivity contribution is 5.78. The van der Waals surface area contributed by atoms with E-state index in [2.05, 4.69) is 12.2 Å². The Hall–Kier alpha value is -1.26. The molecule has 110 valence electrons. The summed E-state index contributed by atoms with van der Waals surface area (Å²) in [5, 5.41) is 3.08. The topological polar surface area (TPSA) is 58.6 Å². The SMILES string of the molecule is CCCC(C)C(=O)NC1CCN(C(=O)OCC)CC1. The molecule has 5 nitrogen and oxygen atoms in total. The van der Waals surface area contributed by atoms with Crippen LogP contribution in [0.2, 0.25) is 0 Å². The standard InChI is InChI=1S/C14H26N2O3/c1-4-6-11(3)13(17)15-12-7-9-16(10-8-12)14(18)19-5-2/h11-12H,4-10H2,1-3H3,(H,15,17). The van der Waals surface area contributed by atoms with E-state index in [0.29, 0.717) is 19.7 Å². The second kappa shape index (κ2) is 8.02. The molecule has 1 aliphatic rings. The maximum absolute atomic E-state index is 11.9. The molecule has 19 heavy (non-hydrogen) atoms. The molecule has 5 heteroatoms. The van der Waals surface area contributed by atoms with Crippen LogP contribution in [-0.4, -0.2) is 42.6 Å². The van der Waals surface area contributed by atoms with Crippen molar-refractivity contribution < 1.29 is 14.3 Å². The van der Waals surface area contributed by atoms with E-state index < -0.39 is 0 Å². The van der Waals surface area contributed by atoms with Crippen LogP contribution in [0, 0.1) is 5.92 Å². The van der Waals surface area contributed by atoms with E-state index >= 15 is 0 Å². The monoisotopic (exact) mass is 270 g/mol. The Kier molecular flexibility index (Phi) is 6.67. The van der Waals surface area contributed by atoms with Crippen molar-refractivity contribution in [2.24, 2.45) is 5.92 Å². The number of nitrogens with zero attached hydrogens (tertiary/aromatic N) is 1. The minimum atomic E-state index is -0.244. The molecule has 0 saturated carbocycles. The lowest BCUT2D eigenvalue weighted by molar-refractivity contribution is -0.125. The first-order valence-corrected chi connectivity index (χ1v) is 7.30. The van der Waals surface area contributed by atoms with Crippen molar-refractivity contribution in [3.05, 3.63) is 0 Å². The summed E-state index contributed by atoms with van der Waals surface area (Å²) in [6, 6.07) is 0.192. The minimum absolute atomic E-state index is 0.0769. The first kappa shape index (κ1) is 15.8. The maximum atomic E-state index is 11.9. The predicted octanol–water partition coefficient (Wildman–Crippen LogP) is 2.16. The molecule has 1 rings (SSSR count). The molecule has 0 spiro atoms. The van der Waals surface area contributed by atoms with Gasteiger partial charge in [0.25, 0.3) is 0 Å². The fraction of sp³-hybridized carbons (Fsp3) is 0.857. The van der Waals surface area contributed by atoms with E-state index in [-0.39, 0.29) is 24.0 Å². The van der Waals surface area contributed by atoms with Gasteiger partial charge in [-0.25, -0.2) is 4.79 Å². The first-order chi connectivity index (χ1) is 9.08. The van der Waals surface area contributed by atoms with Gasteiger partial charge in [-0.1, -0.05) is 20.3 Å². The molecule has 1 atom stereocenters. The van der Waals surface area contributed by atoms with Crippen LogP contribution in [0.5, 0.6) is 0 Å². The van der Waals surface area contributed by atoms with Gasteiger partial charge in [0.05, 0.1) is 6.61 Å². The average molecular weight is 270 g/mol. The third-order valence-corrected chi connectivity index (χ3v) is 3.54. The van der Waals surface area contributed by atoms with E-state index in [1.807, 2.05) is 6.92 Å². The van der Waals surface area contributed by atoms with Crippen LogP contribution in [0.1, 0.15) is 46.5 Å². The van der Waals surface area contributed by atoms with Crippen LogP contribution < -0.4 is 5.32 Å². The van der Waals surface area contributed by atoms with Crippen molar-refractivity contribution in [1.29, 1.82) is 0 Å². The number of carbonyl (C=O) groups is 2. The second-order valence-electron chi connectivity index (χ2n) is 5.16. The number of likely N-dealkylation sites (tertiary alicyclic amines) is 1. The Labute approximate surface area is 115 Å². The van der Waals surface area contributed by atoms with Gasteiger partial charge in [0.15, 0.2) is 0 Å². The molecule has 0 aromatic rings. The van der Waals surface area contributed by atoms with Gasteiger partial charge in [-0.15, -0.1) is 0 Å². The smallest absolute Gasteiger partial charge is 0.409 e. The summed E-state index contributed by atoms with van der Waals surface area (Å²) >= 11 is 0. The Bertz CT molecular complexity index is 299. The van der Waals surface area contributed by atoms with Gasteiger partial charge >= 0.3 is 6.09 Å². The van der Waals surface area contributed by atoms with Crippen LogP contribution in [0.3, 0.4) is 0 Å². The van der Waals surface area contributed by atoms with Crippen LogP contribution >= 0.6 is 0 Å². The van der Waals surface area contributed by atoms with Crippen molar-refractivity contribution in [3.8, 4) is 0 Å². The molecule has 0 bridgehead atoms. The molecule has 1 saturated heterocycles. The summed E-state index contributed by atoms with van der Waals surface area (Å²) < 4.78 is 4.97. The Balaban J connectivity index is 2.30. The lowest BCUT2D eigenvalue weighted by Gasteiger charge is -2.32.